The first-order valence-electron chi connectivity index (χ1n) is 8.58. The Bertz CT molecular complexity index is 413. The van der Waals surface area contributed by atoms with Crippen molar-refractivity contribution >= 4 is 0 Å². The van der Waals surface area contributed by atoms with E-state index >= 15 is 0 Å². The molecule has 0 heterocycles. The van der Waals surface area contributed by atoms with Crippen molar-refractivity contribution in [2.45, 2.75) is 69.8 Å². The first kappa shape index (κ1) is 14.1. The van der Waals surface area contributed by atoms with Crippen LogP contribution >= 0.6 is 0 Å². The fourth-order valence-electron chi connectivity index (χ4n) is 4.11. The van der Waals surface area contributed by atoms with Crippen LogP contribution in [0.4, 0.5) is 0 Å². The minimum absolute atomic E-state index is 0.518. The van der Waals surface area contributed by atoms with Gasteiger partial charge in [-0.3, -0.25) is 0 Å². The molecule has 2 saturated carbocycles. The summed E-state index contributed by atoms with van der Waals surface area (Å²) in [6.07, 6.45) is 12.9. The van der Waals surface area contributed by atoms with Gasteiger partial charge in [0.15, 0.2) is 0 Å². The minimum Gasteiger partial charge on any atom is -0.385 e. The van der Waals surface area contributed by atoms with Crippen LogP contribution in [0.1, 0.15) is 69.8 Å². The van der Waals surface area contributed by atoms with Crippen LogP contribution in [-0.4, -0.2) is 5.11 Å². The molecule has 110 valence electrons. The lowest BCUT2D eigenvalue weighted by atomic mass is 9.82. The Labute approximate surface area is 123 Å². The van der Waals surface area contributed by atoms with Crippen LogP contribution in [0, 0.1) is 11.8 Å². The summed E-state index contributed by atoms with van der Waals surface area (Å²) in [5, 5.41) is 11.3. The maximum Gasteiger partial charge on any atom is 0.0927 e. The maximum atomic E-state index is 11.3. The zero-order valence-electron chi connectivity index (χ0n) is 12.6. The van der Waals surface area contributed by atoms with Crippen molar-refractivity contribution in [3.05, 3.63) is 35.9 Å². The number of aliphatic hydroxyl groups is 1. The molecule has 1 N–H and O–H groups in total. The second-order valence-corrected chi connectivity index (χ2v) is 6.91. The summed E-state index contributed by atoms with van der Waals surface area (Å²) < 4.78 is 0. The van der Waals surface area contributed by atoms with Gasteiger partial charge in [-0.2, -0.15) is 0 Å². The molecule has 0 spiro atoms. The van der Waals surface area contributed by atoms with Crippen LogP contribution in [0.15, 0.2) is 30.3 Å². The lowest BCUT2D eigenvalue weighted by Gasteiger charge is -2.30. The first-order chi connectivity index (χ1) is 9.81. The Hall–Kier alpha value is -0.820. The van der Waals surface area contributed by atoms with Gasteiger partial charge < -0.3 is 5.11 Å². The Morgan fingerprint density at radius 3 is 2.25 bits per heavy atom. The molecule has 0 aliphatic heterocycles. The average molecular weight is 272 g/mol. The predicted molar refractivity (Wildman–Crippen MR) is 83.5 cm³/mol. The van der Waals surface area contributed by atoms with Gasteiger partial charge in [-0.15, -0.1) is 0 Å². The van der Waals surface area contributed by atoms with Crippen LogP contribution in [0.2, 0.25) is 0 Å². The Morgan fingerprint density at radius 2 is 1.50 bits per heavy atom. The fourth-order valence-corrected chi connectivity index (χ4v) is 4.11. The van der Waals surface area contributed by atoms with E-state index in [0.29, 0.717) is 5.92 Å². The summed E-state index contributed by atoms with van der Waals surface area (Å²) in [6.45, 7) is 0. The summed E-state index contributed by atoms with van der Waals surface area (Å²) in [4.78, 5) is 0. The molecule has 0 bridgehead atoms. The molecule has 2 fully saturated rings. The fraction of sp³-hybridized carbons (Fsp3) is 0.684. The van der Waals surface area contributed by atoms with Gasteiger partial charge >= 0.3 is 0 Å². The average Bonchev–Trinajstić information content (AvgIpc) is 3.25. The molecule has 3 atom stereocenters. The third kappa shape index (κ3) is 3.09. The normalized spacial score (nSPS) is 35.5. The third-order valence-electron chi connectivity index (χ3n) is 5.44. The highest BCUT2D eigenvalue weighted by atomic mass is 16.3. The van der Waals surface area contributed by atoms with Gasteiger partial charge in [-0.05, 0) is 30.2 Å². The zero-order valence-corrected chi connectivity index (χ0v) is 12.6. The molecule has 20 heavy (non-hydrogen) atoms. The van der Waals surface area contributed by atoms with E-state index in [1.807, 2.05) is 6.07 Å². The van der Waals surface area contributed by atoms with Crippen LogP contribution in [0.5, 0.6) is 0 Å². The second kappa shape index (κ2) is 6.30. The van der Waals surface area contributed by atoms with Crippen molar-refractivity contribution in [1.29, 1.82) is 0 Å². The first-order valence-corrected chi connectivity index (χ1v) is 8.58. The van der Waals surface area contributed by atoms with Crippen molar-refractivity contribution in [3.8, 4) is 0 Å². The largest absolute Gasteiger partial charge is 0.385 e. The van der Waals surface area contributed by atoms with Crippen molar-refractivity contribution in [2.24, 2.45) is 11.8 Å². The van der Waals surface area contributed by atoms with Gasteiger partial charge in [0.2, 0.25) is 0 Å². The molecule has 0 aromatic heterocycles. The molecule has 1 heteroatoms. The van der Waals surface area contributed by atoms with E-state index in [2.05, 4.69) is 24.3 Å². The third-order valence-corrected chi connectivity index (χ3v) is 5.44. The van der Waals surface area contributed by atoms with E-state index < -0.39 is 5.60 Å². The van der Waals surface area contributed by atoms with Gasteiger partial charge in [-0.25, -0.2) is 0 Å². The Balaban J connectivity index is 1.75. The number of hydrogen-bond acceptors (Lipinski definition) is 1. The molecule has 2 aliphatic rings. The highest BCUT2D eigenvalue weighted by molar-refractivity contribution is 5.25. The summed E-state index contributed by atoms with van der Waals surface area (Å²) in [5.74, 6) is 1.30. The monoisotopic (exact) mass is 272 g/mol. The van der Waals surface area contributed by atoms with Gasteiger partial charge in [0.05, 0.1) is 5.60 Å². The maximum absolute atomic E-state index is 11.3. The molecule has 1 aromatic carbocycles. The van der Waals surface area contributed by atoms with Crippen molar-refractivity contribution in [1.82, 2.24) is 0 Å². The molecule has 1 aromatic rings. The molecule has 0 amide bonds. The highest BCUT2D eigenvalue weighted by Crippen LogP contribution is 2.55. The summed E-state index contributed by atoms with van der Waals surface area (Å²) in [5.41, 5.74) is 0.607. The number of rotatable bonds is 1. The van der Waals surface area contributed by atoms with Crippen LogP contribution in [-0.2, 0) is 5.60 Å². The van der Waals surface area contributed by atoms with Crippen LogP contribution in [0.25, 0.3) is 0 Å². The molecule has 3 rings (SSSR count). The van der Waals surface area contributed by atoms with E-state index in [-0.39, 0.29) is 0 Å². The molecular formula is C19H28O. The number of benzene rings is 1. The zero-order chi connectivity index (χ0) is 13.8. The van der Waals surface area contributed by atoms with Gasteiger partial charge in [-0.1, -0.05) is 81.7 Å². The minimum atomic E-state index is -0.550. The number of hydrogen-bond donors (Lipinski definition) is 1. The van der Waals surface area contributed by atoms with Crippen LogP contribution in [0.3, 0.4) is 0 Å². The van der Waals surface area contributed by atoms with Crippen LogP contribution < -0.4 is 0 Å². The molecule has 0 unspecified atom stereocenters. The standard InChI is InChI=1S/C19H28O/c20-19(17-12-8-6-9-13-17)14-10-5-3-1-2-4-7-11-16-15-18(16)19/h6,8-9,12-13,16,18,20H,1-5,7,10-11,14-15H2/t16-,18-,19-/m0/s1. The van der Waals surface area contributed by atoms with E-state index in [9.17, 15) is 5.11 Å². The van der Waals surface area contributed by atoms with Crippen molar-refractivity contribution in [2.75, 3.05) is 0 Å². The molecule has 0 radical (unpaired) electrons. The van der Waals surface area contributed by atoms with E-state index in [0.717, 1.165) is 17.9 Å². The van der Waals surface area contributed by atoms with Gasteiger partial charge in [0.25, 0.3) is 0 Å². The lowest BCUT2D eigenvalue weighted by molar-refractivity contribution is -0.00431. The second-order valence-electron chi connectivity index (χ2n) is 6.91. The van der Waals surface area contributed by atoms with E-state index in [1.54, 1.807) is 0 Å². The van der Waals surface area contributed by atoms with E-state index in [4.69, 9.17) is 0 Å². The van der Waals surface area contributed by atoms with Gasteiger partial charge in [0, 0.05) is 0 Å². The quantitative estimate of drug-likeness (QED) is 0.759. The Morgan fingerprint density at radius 1 is 0.850 bits per heavy atom. The highest BCUT2D eigenvalue weighted by Gasteiger charge is 2.51. The van der Waals surface area contributed by atoms with Crippen molar-refractivity contribution < 1.29 is 5.11 Å². The lowest BCUT2D eigenvalue weighted by Crippen LogP contribution is -2.29. The summed E-state index contributed by atoms with van der Waals surface area (Å²) in [7, 11) is 0. The molecular weight excluding hydrogens is 244 g/mol. The summed E-state index contributed by atoms with van der Waals surface area (Å²) >= 11 is 0. The van der Waals surface area contributed by atoms with Gasteiger partial charge in [0.1, 0.15) is 0 Å². The summed E-state index contributed by atoms with van der Waals surface area (Å²) in [6, 6.07) is 10.4. The smallest absolute Gasteiger partial charge is 0.0927 e. The van der Waals surface area contributed by atoms with E-state index in [1.165, 1.54) is 57.8 Å². The number of fused-ring (bicyclic) bond motifs is 1. The molecule has 1 nitrogen and oxygen atoms in total. The molecule has 0 saturated heterocycles. The SMILES string of the molecule is O[C@]1(c2ccccc2)CCCCCCCCC[C@H]2C[C@@H]21. The van der Waals surface area contributed by atoms with Crippen molar-refractivity contribution in [3.63, 3.8) is 0 Å². The molecule has 2 aliphatic carbocycles. The predicted octanol–water partition coefficient (Wildman–Crippen LogP) is 5.03. The Kier molecular flexibility index (Phi) is 4.45. The topological polar surface area (TPSA) is 20.2 Å².